The lowest BCUT2D eigenvalue weighted by Crippen LogP contribution is -2.12. The lowest BCUT2D eigenvalue weighted by Gasteiger charge is -2.09. The summed E-state index contributed by atoms with van der Waals surface area (Å²) in [5, 5.41) is -1.25. The normalized spacial score (nSPS) is 12.7. The highest BCUT2D eigenvalue weighted by Gasteiger charge is 2.34. The van der Waals surface area contributed by atoms with E-state index in [0.717, 1.165) is 0 Å². The van der Waals surface area contributed by atoms with E-state index in [1.165, 1.54) is 0 Å². The van der Waals surface area contributed by atoms with E-state index >= 15 is 0 Å². The van der Waals surface area contributed by atoms with Crippen molar-refractivity contribution < 1.29 is 46.1 Å². The summed E-state index contributed by atoms with van der Waals surface area (Å²) >= 11 is 0. The van der Waals surface area contributed by atoms with Crippen LogP contribution in [0, 0.1) is 0 Å². The summed E-state index contributed by atoms with van der Waals surface area (Å²) in [6.07, 6.45) is 0. The van der Waals surface area contributed by atoms with Gasteiger partial charge in [-0.3, -0.25) is 0 Å². The lowest BCUT2D eigenvalue weighted by molar-refractivity contribution is -0.0831. The van der Waals surface area contributed by atoms with Gasteiger partial charge < -0.3 is 0 Å². The molecular weight excluding hydrogens is 306 g/mol. The highest BCUT2D eigenvalue weighted by molar-refractivity contribution is 7.62. The molecule has 0 fully saturated rings. The van der Waals surface area contributed by atoms with Crippen LogP contribution in [0.2, 0.25) is 0 Å². The Bertz CT molecular complexity index is 432. The quantitative estimate of drug-likeness (QED) is 0.594. The molecule has 1 aromatic carbocycles. The third-order valence-corrected chi connectivity index (χ3v) is 4.43. The van der Waals surface area contributed by atoms with E-state index in [4.69, 9.17) is 0 Å². The molecule has 0 aliphatic heterocycles. The van der Waals surface area contributed by atoms with E-state index in [0.29, 0.717) is 24.3 Å². The second-order valence-corrected chi connectivity index (χ2v) is 6.36. The molecule has 0 aromatic heterocycles. The van der Waals surface area contributed by atoms with Crippen molar-refractivity contribution in [2.45, 2.75) is 0 Å². The third-order valence-electron chi connectivity index (χ3n) is 1.85. The molecule has 0 radical (unpaired) electrons. The Morgan fingerprint density at radius 1 is 0.667 bits per heavy atom. The van der Waals surface area contributed by atoms with Crippen LogP contribution >= 0.6 is 15.2 Å². The molecule has 6 nitrogen and oxygen atoms in total. The fraction of sp³-hybridized carbons (Fsp3) is 0. The van der Waals surface area contributed by atoms with Crippen molar-refractivity contribution in [3.8, 4) is 0 Å². The first-order valence-electron chi connectivity index (χ1n) is 3.98. The fourth-order valence-corrected chi connectivity index (χ4v) is 2.39. The van der Waals surface area contributed by atoms with Gasteiger partial charge in [0.1, 0.15) is 0 Å². The molecule has 1 aromatic rings. The zero-order chi connectivity index (χ0) is 13.8. The van der Waals surface area contributed by atoms with Gasteiger partial charge in [0.15, 0.2) is 0 Å². The number of rotatable bonds is 6. The van der Waals surface area contributed by atoms with Crippen LogP contribution in [-0.4, -0.2) is 0 Å². The Morgan fingerprint density at radius 3 is 1.06 bits per heavy atom. The minimum Gasteiger partial charge on any atom is -0.249 e. The maximum atomic E-state index is 11.8. The highest BCUT2D eigenvalue weighted by atomic mass is 31.2. The van der Waals surface area contributed by atoms with Crippen molar-refractivity contribution in [2.24, 2.45) is 0 Å². The molecule has 18 heavy (non-hydrogen) atoms. The fourth-order valence-electron chi connectivity index (χ4n) is 0.998. The molecule has 0 bridgehead atoms. The molecule has 0 atom stereocenters. The molecule has 0 amide bonds. The maximum absolute atomic E-state index is 11.8. The van der Waals surface area contributed by atoms with E-state index < -0.39 is 25.8 Å². The minimum atomic E-state index is -4.81. The second-order valence-electron chi connectivity index (χ2n) is 2.79. The number of hydrogen-bond acceptors (Lipinski definition) is 6. The molecule has 0 aliphatic rings. The van der Waals surface area contributed by atoms with Crippen LogP contribution in [0.5, 0.6) is 0 Å². The molecule has 0 N–H and O–H groups in total. The van der Waals surface area contributed by atoms with Crippen LogP contribution in [0.3, 0.4) is 0 Å². The van der Waals surface area contributed by atoms with E-state index in [1.54, 1.807) is 0 Å². The molecule has 0 unspecified atom stereocenters. The van der Waals surface area contributed by atoms with Crippen LogP contribution in [0.1, 0.15) is 0 Å². The van der Waals surface area contributed by atoms with Gasteiger partial charge in [0.2, 0.25) is 0 Å². The Balaban J connectivity index is 3.15. The lowest BCUT2D eigenvalue weighted by atomic mass is 10.4. The summed E-state index contributed by atoms with van der Waals surface area (Å²) in [5.74, 6) is 0. The van der Waals surface area contributed by atoms with Crippen LogP contribution in [0.25, 0.3) is 0 Å². The van der Waals surface area contributed by atoms with Gasteiger partial charge in [-0.1, -0.05) is 18.9 Å². The number of halogens is 4. The molecular formula is C6H4F4O6P2. The Labute approximate surface area is 97.1 Å². The van der Waals surface area contributed by atoms with Crippen molar-refractivity contribution >= 4 is 25.8 Å². The van der Waals surface area contributed by atoms with Crippen LogP contribution < -0.4 is 10.6 Å². The summed E-state index contributed by atoms with van der Waals surface area (Å²) in [6, 6.07) is 2.78. The first-order valence-corrected chi connectivity index (χ1v) is 7.07. The molecule has 0 saturated carbocycles. The van der Waals surface area contributed by atoms with Crippen LogP contribution in [-0.2, 0) is 28.0 Å². The summed E-state index contributed by atoms with van der Waals surface area (Å²) < 4.78 is 81.0. The van der Waals surface area contributed by atoms with Gasteiger partial charge in [-0.2, -0.15) is 0 Å². The topological polar surface area (TPSA) is 71.1 Å². The molecule has 0 heterocycles. The van der Waals surface area contributed by atoms with Crippen LogP contribution in [0.15, 0.2) is 24.3 Å². The second kappa shape index (κ2) is 5.92. The van der Waals surface area contributed by atoms with Gasteiger partial charge in [0, 0.05) is 0 Å². The highest BCUT2D eigenvalue weighted by Crippen LogP contribution is 2.50. The predicted molar refractivity (Wildman–Crippen MR) is 49.7 cm³/mol. The summed E-state index contributed by atoms with van der Waals surface area (Å²) in [6.45, 7) is 0. The molecule has 102 valence electrons. The van der Waals surface area contributed by atoms with Crippen molar-refractivity contribution in [1.82, 2.24) is 0 Å². The zero-order valence-electron chi connectivity index (χ0n) is 8.17. The van der Waals surface area contributed by atoms with Gasteiger partial charge in [-0.15, -0.1) is 0 Å². The zero-order valence-corrected chi connectivity index (χ0v) is 9.95. The monoisotopic (exact) mass is 310 g/mol. The molecule has 1 rings (SSSR count). The van der Waals surface area contributed by atoms with Gasteiger partial charge in [-0.05, 0) is 42.4 Å². The van der Waals surface area contributed by atoms with Crippen molar-refractivity contribution in [3.05, 3.63) is 24.3 Å². The van der Waals surface area contributed by atoms with E-state index in [-0.39, 0.29) is 0 Å². The maximum Gasteiger partial charge on any atom is 0.423 e. The van der Waals surface area contributed by atoms with E-state index in [1.807, 2.05) is 0 Å². The van der Waals surface area contributed by atoms with Gasteiger partial charge in [-0.25, -0.2) is 9.13 Å². The van der Waals surface area contributed by atoms with Crippen molar-refractivity contribution in [2.75, 3.05) is 0 Å². The summed E-state index contributed by atoms with van der Waals surface area (Å²) in [5.41, 5.74) is 0. The van der Waals surface area contributed by atoms with Gasteiger partial charge >= 0.3 is 15.2 Å². The smallest absolute Gasteiger partial charge is 0.249 e. The third kappa shape index (κ3) is 2.80. The molecule has 0 aliphatic carbocycles. The summed E-state index contributed by atoms with van der Waals surface area (Å²) in [4.78, 5) is 0. The van der Waals surface area contributed by atoms with Gasteiger partial charge in [0.05, 0.1) is 10.6 Å². The average Bonchev–Trinajstić information content (AvgIpc) is 2.45. The Hall–Kier alpha value is -0.760. The Morgan fingerprint density at radius 2 is 0.889 bits per heavy atom. The predicted octanol–water partition coefficient (Wildman–Crippen LogP) is 2.93. The van der Waals surface area contributed by atoms with Crippen molar-refractivity contribution in [1.29, 1.82) is 0 Å². The standard InChI is InChI=1S/C6H4F4O6P2/c7-13-17(11,14-8)5-1-2-6(4-3-5)18(12,15-9)16-10/h1-4H. The summed E-state index contributed by atoms with van der Waals surface area (Å²) in [7, 11) is -9.63. The largest absolute Gasteiger partial charge is 0.423 e. The first-order chi connectivity index (χ1) is 8.45. The first kappa shape index (κ1) is 15.3. The SMILES string of the molecule is O=P(OF)(OF)c1ccc(P(=O)(OF)OF)cc1. The number of benzene rings is 1. The van der Waals surface area contributed by atoms with E-state index in [9.17, 15) is 27.2 Å². The van der Waals surface area contributed by atoms with Crippen LogP contribution in [0.4, 0.5) is 18.1 Å². The van der Waals surface area contributed by atoms with E-state index in [2.05, 4.69) is 18.9 Å². The molecule has 12 heteroatoms. The molecule has 0 spiro atoms. The number of hydrogen-bond donors (Lipinski definition) is 0. The van der Waals surface area contributed by atoms with Gasteiger partial charge in [0.25, 0.3) is 0 Å². The van der Waals surface area contributed by atoms with Crippen molar-refractivity contribution in [3.63, 3.8) is 0 Å². The average molecular weight is 310 g/mol. The minimum absolute atomic E-state index is 0.625. The molecule has 0 saturated heterocycles. The Kier molecular flexibility index (Phi) is 5.03.